The predicted molar refractivity (Wildman–Crippen MR) is 242 cm³/mol. The minimum Gasteiger partial charge on any atom is -0.310 e. The van der Waals surface area contributed by atoms with Gasteiger partial charge in [0.05, 0.1) is 16.7 Å². The molecule has 9 aromatic rings. The van der Waals surface area contributed by atoms with Gasteiger partial charge in [-0.1, -0.05) is 121 Å². The number of hydrogen-bond donors (Lipinski definition) is 0. The van der Waals surface area contributed by atoms with Crippen molar-refractivity contribution >= 4 is 49.6 Å². The van der Waals surface area contributed by atoms with Crippen molar-refractivity contribution in [2.45, 2.75) is 37.5 Å². The van der Waals surface area contributed by atoms with Crippen LogP contribution in [0.3, 0.4) is 0 Å². The number of fused-ring (bicyclic) bond motifs is 7. The Kier molecular flexibility index (Phi) is 6.94. The average Bonchev–Trinajstić information content (AvgIpc) is 3.76. The second kappa shape index (κ2) is 12.3. The number of anilines is 3. The van der Waals surface area contributed by atoms with Crippen molar-refractivity contribution in [3.8, 4) is 27.9 Å². The molecule has 4 saturated carbocycles. The lowest BCUT2D eigenvalue weighted by atomic mass is 9.43. The topological polar surface area (TPSA) is 8.17 Å². The number of hydrogen-bond acceptors (Lipinski definition) is 1. The molecule has 0 N–H and O–H groups in total. The fourth-order valence-electron chi connectivity index (χ4n) is 12.9. The van der Waals surface area contributed by atoms with Gasteiger partial charge < -0.3 is 9.47 Å². The van der Waals surface area contributed by atoms with E-state index in [4.69, 9.17) is 0 Å². The highest BCUT2D eigenvalue weighted by atomic mass is 15.1. The van der Waals surface area contributed by atoms with Gasteiger partial charge in [0, 0.05) is 38.6 Å². The number of nitrogens with zero attached hydrogens (tertiary/aromatic N) is 2. The summed E-state index contributed by atoms with van der Waals surface area (Å²) in [4.78, 5) is 2.46. The Hall–Kier alpha value is -6.38. The highest BCUT2D eigenvalue weighted by molar-refractivity contribution is 6.11. The fourth-order valence-corrected chi connectivity index (χ4v) is 12.9. The van der Waals surface area contributed by atoms with E-state index in [1.54, 1.807) is 11.1 Å². The van der Waals surface area contributed by atoms with Crippen LogP contribution in [0.2, 0.25) is 0 Å². The smallest absolute Gasteiger partial charge is 0.0542 e. The SMILES string of the molecule is c1ccc(-n2c3ccccc3c3cc(N(c4ccc(-c5ccc6c(c5)C5(c7ccccc7-6)C6CC7CC(C6)CC5C7)cc4)c4cccc5ccccc45)ccc32)cc1. The van der Waals surface area contributed by atoms with Crippen LogP contribution in [0, 0.1) is 23.7 Å². The van der Waals surface area contributed by atoms with Crippen LogP contribution < -0.4 is 4.90 Å². The van der Waals surface area contributed by atoms with Crippen LogP contribution in [0.4, 0.5) is 17.1 Å². The molecule has 5 aliphatic rings. The summed E-state index contributed by atoms with van der Waals surface area (Å²) in [6, 6.07) is 68.4. The molecule has 1 aromatic heterocycles. The molecule has 58 heavy (non-hydrogen) atoms. The quantitative estimate of drug-likeness (QED) is 0.170. The first kappa shape index (κ1) is 32.7. The molecule has 0 unspecified atom stereocenters. The first-order valence-corrected chi connectivity index (χ1v) is 21.4. The van der Waals surface area contributed by atoms with Crippen LogP contribution in [0.1, 0.15) is 43.2 Å². The van der Waals surface area contributed by atoms with Gasteiger partial charge in [-0.25, -0.2) is 0 Å². The second-order valence-corrected chi connectivity index (χ2v) is 17.7. The average molecular weight is 745 g/mol. The van der Waals surface area contributed by atoms with Crippen LogP contribution in [-0.2, 0) is 5.41 Å². The lowest BCUT2D eigenvalue weighted by molar-refractivity contribution is -0.0399. The molecule has 1 spiro atoms. The largest absolute Gasteiger partial charge is 0.310 e. The zero-order valence-electron chi connectivity index (χ0n) is 32.6. The lowest BCUT2D eigenvalue weighted by Gasteiger charge is -2.61. The van der Waals surface area contributed by atoms with Gasteiger partial charge in [-0.15, -0.1) is 0 Å². The van der Waals surface area contributed by atoms with Crippen LogP contribution in [0.5, 0.6) is 0 Å². The highest BCUT2D eigenvalue weighted by Crippen LogP contribution is 2.69. The summed E-state index contributed by atoms with van der Waals surface area (Å²) in [5.74, 6) is 3.40. The summed E-state index contributed by atoms with van der Waals surface area (Å²) in [6.45, 7) is 0. The van der Waals surface area contributed by atoms with E-state index in [1.807, 2.05) is 0 Å². The van der Waals surface area contributed by atoms with E-state index in [-0.39, 0.29) is 5.41 Å². The van der Waals surface area contributed by atoms with Gasteiger partial charge in [0.1, 0.15) is 0 Å². The molecule has 278 valence electrons. The van der Waals surface area contributed by atoms with Gasteiger partial charge in [0.15, 0.2) is 0 Å². The minimum absolute atomic E-state index is 0.169. The first-order valence-electron chi connectivity index (χ1n) is 21.4. The zero-order valence-corrected chi connectivity index (χ0v) is 32.6. The zero-order chi connectivity index (χ0) is 38.0. The first-order chi connectivity index (χ1) is 28.7. The van der Waals surface area contributed by atoms with Crippen LogP contribution in [0.25, 0.3) is 60.5 Å². The molecule has 14 rings (SSSR count). The third-order valence-corrected chi connectivity index (χ3v) is 14.9. The van der Waals surface area contributed by atoms with Crippen LogP contribution in [0.15, 0.2) is 182 Å². The predicted octanol–water partition coefficient (Wildman–Crippen LogP) is 14.8. The molecule has 0 atom stereocenters. The van der Waals surface area contributed by atoms with Crippen molar-refractivity contribution in [1.29, 1.82) is 0 Å². The molecule has 0 saturated heterocycles. The molecule has 2 nitrogen and oxygen atoms in total. The molecule has 4 bridgehead atoms. The maximum absolute atomic E-state index is 2.62. The molecule has 8 aromatic carbocycles. The molecule has 1 heterocycles. The van der Waals surface area contributed by atoms with E-state index < -0.39 is 0 Å². The Morgan fingerprint density at radius 3 is 1.90 bits per heavy atom. The Morgan fingerprint density at radius 2 is 1.07 bits per heavy atom. The van der Waals surface area contributed by atoms with Gasteiger partial charge >= 0.3 is 0 Å². The molecular formula is C56H44N2. The third kappa shape index (κ3) is 4.55. The molecule has 4 fully saturated rings. The summed E-state index contributed by atoms with van der Waals surface area (Å²) in [7, 11) is 0. The van der Waals surface area contributed by atoms with E-state index in [9.17, 15) is 0 Å². The van der Waals surface area contributed by atoms with Crippen molar-refractivity contribution in [1.82, 2.24) is 4.57 Å². The third-order valence-electron chi connectivity index (χ3n) is 14.9. The second-order valence-electron chi connectivity index (χ2n) is 17.7. The van der Waals surface area contributed by atoms with Crippen molar-refractivity contribution in [3.63, 3.8) is 0 Å². The molecular weight excluding hydrogens is 701 g/mol. The Morgan fingerprint density at radius 1 is 0.431 bits per heavy atom. The fraction of sp³-hybridized carbons (Fsp3) is 0.179. The number of para-hydroxylation sites is 2. The van der Waals surface area contributed by atoms with E-state index in [2.05, 4.69) is 191 Å². The van der Waals surface area contributed by atoms with Crippen molar-refractivity contribution in [2.75, 3.05) is 4.90 Å². The van der Waals surface area contributed by atoms with Gasteiger partial charge in [0.2, 0.25) is 0 Å². The molecule has 0 amide bonds. The Bertz CT molecular complexity index is 3040. The van der Waals surface area contributed by atoms with Crippen LogP contribution >= 0.6 is 0 Å². The van der Waals surface area contributed by atoms with Gasteiger partial charge in [-0.3, -0.25) is 0 Å². The monoisotopic (exact) mass is 744 g/mol. The van der Waals surface area contributed by atoms with E-state index in [0.717, 1.165) is 35.0 Å². The molecule has 0 aliphatic heterocycles. The van der Waals surface area contributed by atoms with E-state index >= 15 is 0 Å². The summed E-state index contributed by atoms with van der Waals surface area (Å²) in [5.41, 5.74) is 16.1. The Balaban J connectivity index is 0.952. The summed E-state index contributed by atoms with van der Waals surface area (Å²) in [5, 5.41) is 4.98. The van der Waals surface area contributed by atoms with E-state index in [1.165, 1.54) is 98.3 Å². The summed E-state index contributed by atoms with van der Waals surface area (Å²) >= 11 is 0. The minimum atomic E-state index is 0.169. The standard InChI is InChI=1S/C56H44N2/c1-2-13-43(14-3-1)58-54-19-9-7-17-49(54)50-35-45(26-28-55(50)58)57(53-20-10-12-39-11-4-5-15-46(39)53)44-24-21-38(22-25-44)40-23-27-48-47-16-6-8-18-51(47)56(52(48)34-40)41-30-36-29-37(32-41)33-42(56)31-36/h1-28,34-37,41-42H,29-33H2. The molecule has 0 radical (unpaired) electrons. The van der Waals surface area contributed by atoms with Crippen molar-refractivity contribution in [3.05, 3.63) is 193 Å². The lowest BCUT2D eigenvalue weighted by Crippen LogP contribution is -2.55. The Labute approximate surface area is 340 Å². The summed E-state index contributed by atoms with van der Waals surface area (Å²) < 4.78 is 2.40. The van der Waals surface area contributed by atoms with Crippen molar-refractivity contribution in [2.24, 2.45) is 23.7 Å². The van der Waals surface area contributed by atoms with Crippen molar-refractivity contribution < 1.29 is 0 Å². The number of rotatable bonds is 5. The summed E-state index contributed by atoms with van der Waals surface area (Å²) in [6.07, 6.45) is 7.10. The van der Waals surface area contributed by atoms with E-state index in [0.29, 0.717) is 0 Å². The normalized spacial score (nSPS) is 22.6. The maximum Gasteiger partial charge on any atom is 0.0542 e. The highest BCUT2D eigenvalue weighted by Gasteiger charge is 2.61. The maximum atomic E-state index is 2.62. The molecule has 2 heteroatoms. The van der Waals surface area contributed by atoms with Gasteiger partial charge in [0.25, 0.3) is 0 Å². The van der Waals surface area contributed by atoms with Gasteiger partial charge in [-0.2, -0.15) is 0 Å². The number of aromatic nitrogens is 1. The molecule has 5 aliphatic carbocycles. The number of benzene rings is 8. The van der Waals surface area contributed by atoms with Gasteiger partial charge in [-0.05, 0) is 155 Å². The van der Waals surface area contributed by atoms with Crippen LogP contribution in [-0.4, -0.2) is 4.57 Å².